The number of urea groups is 1. The van der Waals surface area contributed by atoms with Crippen molar-refractivity contribution in [3.8, 4) is 0 Å². The van der Waals surface area contributed by atoms with Crippen LogP contribution in [0.15, 0.2) is 54.6 Å². The quantitative estimate of drug-likeness (QED) is 0.0593. The predicted molar refractivity (Wildman–Crippen MR) is 275 cm³/mol. The minimum Gasteiger partial charge on any atom is -0.445 e. The van der Waals surface area contributed by atoms with Gasteiger partial charge in [0.15, 0.2) is 0 Å². The third-order valence-corrected chi connectivity index (χ3v) is 13.8. The van der Waals surface area contributed by atoms with Crippen LogP contribution in [0.5, 0.6) is 0 Å². The molecule has 0 bridgehead atoms. The Labute approximate surface area is 427 Å². The second-order valence-corrected chi connectivity index (χ2v) is 19.8. The number of anilines is 1. The van der Waals surface area contributed by atoms with Gasteiger partial charge in [0.05, 0.1) is 48.8 Å². The molecule has 8 amide bonds. The minimum absolute atomic E-state index is 0.0568. The number of carbonyl (C=O) groups is 7. The number of aliphatic hydroxyl groups is 1. The zero-order chi connectivity index (χ0) is 53.8. The first-order valence-electron chi connectivity index (χ1n) is 25.3. The van der Waals surface area contributed by atoms with Gasteiger partial charge in [0.25, 0.3) is 0 Å². The molecule has 0 saturated carbocycles. The second kappa shape index (κ2) is 29.7. The highest BCUT2D eigenvalue weighted by Gasteiger charge is 2.44. The molecule has 72 heavy (non-hydrogen) atoms. The smallest absolute Gasteiger partial charge is 0.410 e. The van der Waals surface area contributed by atoms with E-state index in [1.807, 2.05) is 45.9 Å². The minimum atomic E-state index is -1.00. The van der Waals surface area contributed by atoms with Crippen molar-refractivity contribution in [1.82, 2.24) is 30.7 Å². The summed E-state index contributed by atoms with van der Waals surface area (Å²) in [5.74, 6) is -3.15. The van der Waals surface area contributed by atoms with Gasteiger partial charge in [-0.3, -0.25) is 28.9 Å². The number of hydrogen-bond donors (Lipinski definition) is 6. The fourth-order valence-electron chi connectivity index (χ4n) is 9.47. The summed E-state index contributed by atoms with van der Waals surface area (Å²) in [5.41, 5.74) is 6.96. The lowest BCUT2D eigenvalue weighted by Crippen LogP contribution is -2.60. The Bertz CT molecular complexity index is 2060. The number of amides is 8. The first-order valence-corrected chi connectivity index (χ1v) is 25.3. The topological polar surface area (TPSA) is 251 Å². The molecule has 3 rings (SSSR count). The molecule has 0 spiro atoms. The van der Waals surface area contributed by atoms with Gasteiger partial charge in [-0.05, 0) is 73.6 Å². The van der Waals surface area contributed by atoms with Crippen molar-refractivity contribution in [3.63, 3.8) is 0 Å². The molecule has 1 heterocycles. The molecule has 1 aliphatic heterocycles. The molecular formula is C53H84N8O11. The second-order valence-electron chi connectivity index (χ2n) is 19.8. The van der Waals surface area contributed by atoms with Crippen LogP contribution in [-0.4, -0.2) is 145 Å². The van der Waals surface area contributed by atoms with Crippen molar-refractivity contribution < 1.29 is 52.9 Å². The van der Waals surface area contributed by atoms with Gasteiger partial charge in [0.2, 0.25) is 29.5 Å². The molecule has 1 aliphatic rings. The summed E-state index contributed by atoms with van der Waals surface area (Å²) in [6.45, 7) is 15.5. The van der Waals surface area contributed by atoms with Crippen molar-refractivity contribution in [2.24, 2.45) is 29.4 Å². The third-order valence-electron chi connectivity index (χ3n) is 13.8. The van der Waals surface area contributed by atoms with Gasteiger partial charge in [-0.2, -0.15) is 0 Å². The Morgan fingerprint density at radius 3 is 2.06 bits per heavy atom. The summed E-state index contributed by atoms with van der Waals surface area (Å²) in [7, 11) is 6.17. The SMILES string of the molecule is CC[C@H](C)[C@@H]([C@@H](CC(=O)N1CCC[C@H]1[C@H](OC)[C@@H](C)C(=O)N[C@H](C)[C@@H](O)c1ccccc1)OC)N(C)C(=O)[C@@H](NC(=O)C(C(C)C)N(C)C(=O)OCc1ccc(NC(=O)CCCCNC(N)=O)cc1)C(C)C. The summed E-state index contributed by atoms with van der Waals surface area (Å²) < 4.78 is 17.6. The van der Waals surface area contributed by atoms with Crippen LogP contribution in [0.3, 0.4) is 0 Å². The number of ether oxygens (including phenoxy) is 3. The molecule has 0 aromatic heterocycles. The fraction of sp³-hybridized carbons (Fsp3) is 0.642. The Balaban J connectivity index is 1.68. The lowest BCUT2D eigenvalue weighted by molar-refractivity contribution is -0.148. The third kappa shape index (κ3) is 17.5. The first-order chi connectivity index (χ1) is 34.1. The number of methoxy groups -OCH3 is 2. The molecule has 7 N–H and O–H groups in total. The van der Waals surface area contributed by atoms with Crippen LogP contribution in [0.4, 0.5) is 15.3 Å². The van der Waals surface area contributed by atoms with Crippen LogP contribution < -0.4 is 27.0 Å². The molecular weight excluding hydrogens is 925 g/mol. The van der Waals surface area contributed by atoms with Gasteiger partial charge >= 0.3 is 12.1 Å². The highest BCUT2D eigenvalue weighted by atomic mass is 16.6. The van der Waals surface area contributed by atoms with E-state index in [9.17, 15) is 38.7 Å². The Morgan fingerprint density at radius 2 is 1.49 bits per heavy atom. The first kappa shape index (κ1) is 60.5. The van der Waals surface area contributed by atoms with E-state index in [0.717, 1.165) is 0 Å². The number of likely N-dealkylation sites (tertiary alicyclic amines) is 1. The highest BCUT2D eigenvalue weighted by molar-refractivity contribution is 5.92. The number of hydrogen-bond acceptors (Lipinski definition) is 11. The summed E-state index contributed by atoms with van der Waals surface area (Å²) >= 11 is 0. The monoisotopic (exact) mass is 1010 g/mol. The van der Waals surface area contributed by atoms with Gasteiger partial charge in [0, 0.05) is 53.5 Å². The number of nitrogens with zero attached hydrogens (tertiary/aromatic N) is 3. The summed E-state index contributed by atoms with van der Waals surface area (Å²) in [6.07, 6.45) is 0.327. The molecule has 10 atom stereocenters. The molecule has 1 fully saturated rings. The zero-order valence-corrected chi connectivity index (χ0v) is 44.6. The van der Waals surface area contributed by atoms with E-state index in [2.05, 4.69) is 21.3 Å². The Hall–Kier alpha value is -5.79. The van der Waals surface area contributed by atoms with Crippen LogP contribution >= 0.6 is 0 Å². The molecule has 1 saturated heterocycles. The van der Waals surface area contributed by atoms with Gasteiger partial charge in [0.1, 0.15) is 18.7 Å². The number of primary amides is 1. The van der Waals surface area contributed by atoms with Crippen LogP contribution in [0.1, 0.15) is 118 Å². The Kier molecular flexibility index (Phi) is 24.9. The van der Waals surface area contributed by atoms with Crippen LogP contribution in [0.2, 0.25) is 0 Å². The number of rotatable bonds is 28. The molecule has 2 aromatic carbocycles. The van der Waals surface area contributed by atoms with E-state index in [-0.39, 0.29) is 60.8 Å². The average Bonchev–Trinajstić information content (AvgIpc) is 3.84. The van der Waals surface area contributed by atoms with Gasteiger partial charge in [-0.15, -0.1) is 0 Å². The molecule has 19 nitrogen and oxygen atoms in total. The van der Waals surface area contributed by atoms with Crippen molar-refractivity contribution in [3.05, 3.63) is 65.7 Å². The van der Waals surface area contributed by atoms with Gasteiger partial charge in [-0.1, -0.05) is 97.4 Å². The number of aliphatic hydroxyl groups excluding tert-OH is 1. The Morgan fingerprint density at radius 1 is 0.833 bits per heavy atom. The van der Waals surface area contributed by atoms with E-state index >= 15 is 0 Å². The van der Waals surface area contributed by atoms with Crippen molar-refractivity contribution in [1.29, 1.82) is 0 Å². The number of carbonyl (C=O) groups excluding carboxylic acids is 7. The molecule has 402 valence electrons. The highest BCUT2D eigenvalue weighted by Crippen LogP contribution is 2.30. The molecule has 2 aromatic rings. The number of likely N-dealkylation sites (N-methyl/N-ethyl adjacent to an activating group) is 2. The van der Waals surface area contributed by atoms with Gasteiger partial charge in [-0.25, -0.2) is 9.59 Å². The maximum absolute atomic E-state index is 14.6. The summed E-state index contributed by atoms with van der Waals surface area (Å²) in [4.78, 5) is 97.9. The van der Waals surface area contributed by atoms with E-state index in [0.29, 0.717) is 62.0 Å². The molecule has 19 heteroatoms. The normalized spacial score (nSPS) is 17.3. The standard InChI is InChI=1S/C53H84N8O11/c1-13-34(6)46(41(70-11)30-43(63)61-29-19-22-40(61)48(71-12)35(7)49(65)56-36(8)47(64)38-20-15-14-16-21-38)59(9)51(67)44(32(2)3)58-50(66)45(33(4)5)60(10)53(69)72-31-37-24-26-39(27-25-37)57-42(62)23-17-18-28-55-52(54)68/h14-16,20-21,24-27,32-36,40-41,44-48,64H,13,17-19,22-23,28-31H2,1-12H3,(H,56,65)(H,57,62)(H,58,66)(H3,54,55,68)/t34-,35+,36+,40-,41+,44-,45?,46-,47+,48+/m0/s1. The van der Waals surface area contributed by atoms with Crippen molar-refractivity contribution in [2.45, 2.75) is 155 Å². The fourth-order valence-corrected chi connectivity index (χ4v) is 9.47. The number of nitrogens with two attached hydrogens (primary N) is 1. The largest absolute Gasteiger partial charge is 0.445 e. The number of nitrogens with one attached hydrogen (secondary N) is 4. The molecule has 0 aliphatic carbocycles. The maximum atomic E-state index is 14.6. The average molecular weight is 1010 g/mol. The van der Waals surface area contributed by atoms with E-state index in [1.165, 1.54) is 26.2 Å². The van der Waals surface area contributed by atoms with Crippen LogP contribution in [0.25, 0.3) is 0 Å². The number of unbranched alkanes of at least 4 members (excludes halogenated alkanes) is 1. The van der Waals surface area contributed by atoms with Crippen molar-refractivity contribution >= 4 is 47.3 Å². The summed E-state index contributed by atoms with van der Waals surface area (Å²) in [6, 6.07) is 11.7. The van der Waals surface area contributed by atoms with E-state index < -0.39 is 72.5 Å². The van der Waals surface area contributed by atoms with E-state index in [1.54, 1.807) is 80.9 Å². The van der Waals surface area contributed by atoms with Gasteiger partial charge < -0.3 is 56.1 Å². The van der Waals surface area contributed by atoms with Crippen LogP contribution in [0, 0.1) is 23.7 Å². The lowest BCUT2D eigenvalue weighted by atomic mass is 9.89. The van der Waals surface area contributed by atoms with E-state index in [4.69, 9.17) is 19.9 Å². The summed E-state index contributed by atoms with van der Waals surface area (Å²) in [5, 5.41) is 22.1. The zero-order valence-electron chi connectivity index (χ0n) is 44.6. The molecule has 0 radical (unpaired) electrons. The maximum Gasteiger partial charge on any atom is 0.410 e. The predicted octanol–water partition coefficient (Wildman–Crippen LogP) is 5.36. The number of benzene rings is 2. The molecule has 1 unspecified atom stereocenters. The van der Waals surface area contributed by atoms with Crippen LogP contribution in [-0.2, 0) is 44.8 Å². The van der Waals surface area contributed by atoms with Crippen molar-refractivity contribution in [2.75, 3.05) is 46.7 Å². The lowest BCUT2D eigenvalue weighted by Gasteiger charge is -2.41.